The van der Waals surface area contributed by atoms with Crippen molar-refractivity contribution in [2.24, 2.45) is 0 Å². The van der Waals surface area contributed by atoms with E-state index in [2.05, 4.69) is 0 Å². The number of amides is 1. The minimum Gasteiger partial charge on any atom is -0.467 e. The Kier molecular flexibility index (Phi) is 6.22. The molecular weight excluding hydrogens is 370 g/mol. The number of likely N-dealkylation sites (tertiary alicyclic amines) is 1. The molecular formula is C20H20ClNO3S. The molecule has 1 unspecified atom stereocenters. The highest BCUT2D eigenvalue weighted by atomic mass is 35.5. The molecule has 1 aliphatic rings. The number of benzene rings is 2. The van der Waals surface area contributed by atoms with E-state index in [1.165, 1.54) is 7.11 Å². The van der Waals surface area contributed by atoms with Gasteiger partial charge in [-0.3, -0.25) is 4.79 Å². The van der Waals surface area contributed by atoms with Gasteiger partial charge in [-0.05, 0) is 54.8 Å². The minimum absolute atomic E-state index is 0.116. The summed E-state index contributed by atoms with van der Waals surface area (Å²) in [5.74, 6) is 0.353. The van der Waals surface area contributed by atoms with Gasteiger partial charge in [-0.2, -0.15) is 0 Å². The van der Waals surface area contributed by atoms with E-state index < -0.39 is 6.04 Å². The molecule has 0 aliphatic carbocycles. The van der Waals surface area contributed by atoms with E-state index in [0.29, 0.717) is 18.5 Å². The number of methoxy groups -OCH3 is 1. The molecule has 1 atom stereocenters. The molecule has 26 heavy (non-hydrogen) atoms. The molecule has 4 nitrogen and oxygen atoms in total. The fraction of sp³-hybridized carbons (Fsp3) is 0.300. The van der Waals surface area contributed by atoms with E-state index >= 15 is 0 Å². The molecule has 0 bridgehead atoms. The van der Waals surface area contributed by atoms with Crippen LogP contribution >= 0.6 is 23.4 Å². The zero-order valence-electron chi connectivity index (χ0n) is 14.5. The van der Waals surface area contributed by atoms with Crippen molar-refractivity contribution >= 4 is 35.2 Å². The van der Waals surface area contributed by atoms with Gasteiger partial charge in [0.1, 0.15) is 6.04 Å². The standard InChI is InChI=1S/C20H20ClNO3S/c1-25-20(24)18-3-2-12-22(18)19(23)15-6-4-14(5-7-15)13-26-17-10-8-16(21)9-11-17/h4-11,18H,2-3,12-13H2,1H3. The molecule has 0 saturated carbocycles. The average Bonchev–Trinajstić information content (AvgIpc) is 3.16. The van der Waals surface area contributed by atoms with E-state index in [0.717, 1.165) is 27.7 Å². The molecule has 0 radical (unpaired) electrons. The van der Waals surface area contributed by atoms with Crippen LogP contribution in [-0.4, -0.2) is 36.5 Å². The number of carbonyl (C=O) groups excluding carboxylic acids is 2. The van der Waals surface area contributed by atoms with Gasteiger partial charge in [0.25, 0.3) is 5.91 Å². The molecule has 1 fully saturated rings. The van der Waals surface area contributed by atoms with Gasteiger partial charge in [-0.15, -0.1) is 11.8 Å². The second-order valence-electron chi connectivity index (χ2n) is 6.12. The lowest BCUT2D eigenvalue weighted by molar-refractivity contribution is -0.145. The summed E-state index contributed by atoms with van der Waals surface area (Å²) in [6.07, 6.45) is 1.48. The number of ether oxygens (including phenoxy) is 1. The van der Waals surface area contributed by atoms with E-state index in [1.807, 2.05) is 48.5 Å². The van der Waals surface area contributed by atoms with Crippen molar-refractivity contribution in [2.75, 3.05) is 13.7 Å². The maximum Gasteiger partial charge on any atom is 0.328 e. The zero-order valence-corrected chi connectivity index (χ0v) is 16.1. The largest absolute Gasteiger partial charge is 0.467 e. The van der Waals surface area contributed by atoms with Gasteiger partial charge >= 0.3 is 5.97 Å². The molecule has 1 amide bonds. The molecule has 0 aromatic heterocycles. The summed E-state index contributed by atoms with van der Waals surface area (Å²) in [7, 11) is 1.36. The third-order valence-electron chi connectivity index (χ3n) is 4.41. The molecule has 0 spiro atoms. The van der Waals surface area contributed by atoms with Crippen molar-refractivity contribution in [3.63, 3.8) is 0 Å². The third kappa shape index (κ3) is 4.40. The molecule has 1 heterocycles. The Morgan fingerprint density at radius 1 is 1.15 bits per heavy atom. The van der Waals surface area contributed by atoms with Crippen LogP contribution in [0.15, 0.2) is 53.4 Å². The number of esters is 1. The van der Waals surface area contributed by atoms with Crippen molar-refractivity contribution in [3.05, 3.63) is 64.7 Å². The first kappa shape index (κ1) is 18.8. The number of hydrogen-bond donors (Lipinski definition) is 0. The number of halogens is 1. The number of carbonyl (C=O) groups is 2. The summed E-state index contributed by atoms with van der Waals surface area (Å²) in [6, 6.07) is 14.8. The van der Waals surface area contributed by atoms with Crippen LogP contribution in [0, 0.1) is 0 Å². The first-order chi connectivity index (χ1) is 12.6. The number of hydrogen-bond acceptors (Lipinski definition) is 4. The maximum atomic E-state index is 12.7. The summed E-state index contributed by atoms with van der Waals surface area (Å²) in [5.41, 5.74) is 1.73. The second-order valence-corrected chi connectivity index (χ2v) is 7.60. The molecule has 1 saturated heterocycles. The molecule has 1 aliphatic heterocycles. The van der Waals surface area contributed by atoms with E-state index in [4.69, 9.17) is 16.3 Å². The Bertz CT molecular complexity index is 777. The van der Waals surface area contributed by atoms with Crippen molar-refractivity contribution in [2.45, 2.75) is 29.5 Å². The summed E-state index contributed by atoms with van der Waals surface area (Å²) in [6.45, 7) is 0.590. The minimum atomic E-state index is -0.465. The van der Waals surface area contributed by atoms with E-state index in [1.54, 1.807) is 16.7 Å². The Balaban J connectivity index is 1.62. The molecule has 3 rings (SSSR count). The van der Waals surface area contributed by atoms with Gasteiger partial charge in [-0.25, -0.2) is 4.79 Å². The first-order valence-electron chi connectivity index (χ1n) is 8.44. The maximum absolute atomic E-state index is 12.7. The van der Waals surface area contributed by atoms with E-state index in [-0.39, 0.29) is 11.9 Å². The topological polar surface area (TPSA) is 46.6 Å². The lowest BCUT2D eigenvalue weighted by Gasteiger charge is -2.22. The summed E-state index contributed by atoms with van der Waals surface area (Å²) < 4.78 is 4.81. The fourth-order valence-electron chi connectivity index (χ4n) is 3.00. The van der Waals surface area contributed by atoms with Gasteiger partial charge < -0.3 is 9.64 Å². The van der Waals surface area contributed by atoms with Gasteiger partial charge in [-0.1, -0.05) is 23.7 Å². The SMILES string of the molecule is COC(=O)C1CCCN1C(=O)c1ccc(CSc2ccc(Cl)cc2)cc1. The van der Waals surface area contributed by atoms with Gasteiger partial charge in [0.05, 0.1) is 7.11 Å². The van der Waals surface area contributed by atoms with Gasteiger partial charge in [0.2, 0.25) is 0 Å². The average molecular weight is 390 g/mol. The van der Waals surface area contributed by atoms with Gasteiger partial charge in [0, 0.05) is 27.8 Å². The number of nitrogens with zero attached hydrogens (tertiary/aromatic N) is 1. The first-order valence-corrected chi connectivity index (χ1v) is 9.81. The van der Waals surface area contributed by atoms with Crippen LogP contribution < -0.4 is 0 Å². The second kappa shape index (κ2) is 8.60. The third-order valence-corrected chi connectivity index (χ3v) is 5.74. The zero-order chi connectivity index (χ0) is 18.5. The predicted molar refractivity (Wildman–Crippen MR) is 104 cm³/mol. The Hall–Kier alpha value is -1.98. The fourth-order valence-corrected chi connectivity index (χ4v) is 3.98. The number of rotatable bonds is 5. The van der Waals surface area contributed by atoms with E-state index in [9.17, 15) is 9.59 Å². The molecule has 6 heteroatoms. The van der Waals surface area contributed by atoms with Crippen LogP contribution in [0.3, 0.4) is 0 Å². The van der Waals surface area contributed by atoms with Gasteiger partial charge in [0.15, 0.2) is 0 Å². The predicted octanol–water partition coefficient (Wildman–Crippen LogP) is 4.41. The van der Waals surface area contributed by atoms with Crippen LogP contribution in [0.4, 0.5) is 0 Å². The van der Waals surface area contributed by atoms with Crippen LogP contribution in [0.1, 0.15) is 28.8 Å². The highest BCUT2D eigenvalue weighted by Gasteiger charge is 2.35. The lowest BCUT2D eigenvalue weighted by Crippen LogP contribution is -2.41. The van der Waals surface area contributed by atoms with Crippen LogP contribution in [0.2, 0.25) is 5.02 Å². The smallest absolute Gasteiger partial charge is 0.328 e. The Morgan fingerprint density at radius 3 is 2.50 bits per heavy atom. The molecule has 2 aromatic carbocycles. The summed E-state index contributed by atoms with van der Waals surface area (Å²) >= 11 is 7.61. The monoisotopic (exact) mass is 389 g/mol. The Labute approximate surface area is 162 Å². The van der Waals surface area contributed by atoms with Crippen molar-refractivity contribution in [1.82, 2.24) is 4.90 Å². The molecule has 136 valence electrons. The summed E-state index contributed by atoms with van der Waals surface area (Å²) in [4.78, 5) is 27.3. The highest BCUT2D eigenvalue weighted by Crippen LogP contribution is 2.25. The molecule has 2 aromatic rings. The summed E-state index contributed by atoms with van der Waals surface area (Å²) in [5, 5.41) is 0.726. The quantitative estimate of drug-likeness (QED) is 0.561. The van der Waals surface area contributed by atoms with Crippen LogP contribution in [0.25, 0.3) is 0 Å². The Morgan fingerprint density at radius 2 is 1.85 bits per heavy atom. The van der Waals surface area contributed by atoms with Crippen molar-refractivity contribution in [1.29, 1.82) is 0 Å². The highest BCUT2D eigenvalue weighted by molar-refractivity contribution is 7.98. The lowest BCUT2D eigenvalue weighted by atomic mass is 10.1. The van der Waals surface area contributed by atoms with Crippen molar-refractivity contribution < 1.29 is 14.3 Å². The van der Waals surface area contributed by atoms with Crippen molar-refractivity contribution in [3.8, 4) is 0 Å². The van der Waals surface area contributed by atoms with Crippen LogP contribution in [0.5, 0.6) is 0 Å². The number of thioether (sulfide) groups is 1. The van der Waals surface area contributed by atoms with Crippen LogP contribution in [-0.2, 0) is 15.3 Å². The molecule has 0 N–H and O–H groups in total. The normalized spacial score (nSPS) is 16.5.